The summed E-state index contributed by atoms with van der Waals surface area (Å²) in [6, 6.07) is 4.45. The second-order valence-electron chi connectivity index (χ2n) is 5.16. The maximum atomic E-state index is 13.3. The Kier molecular flexibility index (Phi) is 4.55. The summed E-state index contributed by atoms with van der Waals surface area (Å²) < 4.78 is 13.9. The molecule has 0 aliphatic heterocycles. The van der Waals surface area contributed by atoms with Crippen LogP contribution in [0.3, 0.4) is 0 Å². The first kappa shape index (κ1) is 13.7. The van der Waals surface area contributed by atoms with Gasteiger partial charge in [-0.2, -0.15) is 0 Å². The first-order valence-corrected chi connectivity index (χ1v) is 7.39. The number of carbonyl (C=O) groups excluding carboxylic acids is 1. The zero-order valence-corrected chi connectivity index (χ0v) is 12.2. The molecule has 1 saturated carbocycles. The maximum Gasteiger partial charge on any atom is 0.166 e. The lowest BCUT2D eigenvalue weighted by molar-refractivity contribution is 0.0861. The first-order valence-electron chi connectivity index (χ1n) is 6.60. The zero-order chi connectivity index (χ0) is 13.1. The second-order valence-corrected chi connectivity index (χ2v) is 6.08. The minimum atomic E-state index is -0.351. The Bertz CT molecular complexity index is 424. The number of rotatable bonds is 3. The van der Waals surface area contributed by atoms with Gasteiger partial charge in [0.1, 0.15) is 5.82 Å². The van der Waals surface area contributed by atoms with Crippen LogP contribution in [0.25, 0.3) is 0 Å². The molecular formula is C15H18BrFO. The third-order valence-electron chi connectivity index (χ3n) is 3.88. The Morgan fingerprint density at radius 3 is 2.83 bits per heavy atom. The highest BCUT2D eigenvalue weighted by molar-refractivity contribution is 9.10. The van der Waals surface area contributed by atoms with Gasteiger partial charge in [0.2, 0.25) is 0 Å². The molecule has 1 nitrogen and oxygen atoms in total. The van der Waals surface area contributed by atoms with E-state index in [1.54, 1.807) is 6.07 Å². The minimum absolute atomic E-state index is 0.0809. The molecule has 0 radical (unpaired) electrons. The lowest BCUT2D eigenvalue weighted by atomic mass is 9.77. The molecule has 0 N–H and O–H groups in total. The van der Waals surface area contributed by atoms with Crippen molar-refractivity contribution >= 4 is 21.7 Å². The summed E-state index contributed by atoms with van der Waals surface area (Å²) in [6.45, 7) is 2.18. The fourth-order valence-electron chi connectivity index (χ4n) is 2.83. The number of benzene rings is 1. The molecule has 2 atom stereocenters. The van der Waals surface area contributed by atoms with Gasteiger partial charge in [-0.25, -0.2) is 4.39 Å². The summed E-state index contributed by atoms with van der Waals surface area (Å²) in [5.74, 6) is 0.492. The highest BCUT2D eigenvalue weighted by Gasteiger charge is 2.27. The van der Waals surface area contributed by atoms with Crippen LogP contribution in [0, 0.1) is 17.7 Å². The molecule has 3 heteroatoms. The van der Waals surface area contributed by atoms with Gasteiger partial charge >= 0.3 is 0 Å². The Hall–Kier alpha value is -0.700. The summed E-state index contributed by atoms with van der Waals surface area (Å²) in [5, 5.41) is 0. The Morgan fingerprint density at radius 1 is 1.39 bits per heavy atom. The Labute approximate surface area is 116 Å². The Morgan fingerprint density at radius 2 is 2.17 bits per heavy atom. The van der Waals surface area contributed by atoms with Crippen LogP contribution in [-0.4, -0.2) is 5.78 Å². The van der Waals surface area contributed by atoms with Crippen molar-refractivity contribution in [2.24, 2.45) is 11.8 Å². The van der Waals surface area contributed by atoms with Crippen LogP contribution in [0.15, 0.2) is 22.7 Å². The standard InChI is InChI=1S/C15H18BrFO/c1-2-10-4-3-5-11(6-10)15(18)12-7-13(16)9-14(17)8-12/h7-11H,2-6H2,1H3. The molecule has 1 fully saturated rings. The molecule has 0 spiro atoms. The number of Topliss-reactive ketones (excluding diaryl/α,β-unsaturated/α-hetero) is 1. The van der Waals surface area contributed by atoms with Gasteiger partial charge in [0.15, 0.2) is 5.78 Å². The van der Waals surface area contributed by atoms with Crippen LogP contribution >= 0.6 is 15.9 Å². The summed E-state index contributed by atoms with van der Waals surface area (Å²) in [4.78, 5) is 12.4. The van der Waals surface area contributed by atoms with Gasteiger partial charge in [0.25, 0.3) is 0 Å². The smallest absolute Gasteiger partial charge is 0.166 e. The highest BCUT2D eigenvalue weighted by Crippen LogP contribution is 2.33. The zero-order valence-electron chi connectivity index (χ0n) is 10.6. The van der Waals surface area contributed by atoms with Crippen LogP contribution in [-0.2, 0) is 0 Å². The SMILES string of the molecule is CCC1CCCC(C(=O)c2cc(F)cc(Br)c2)C1. The van der Waals surface area contributed by atoms with Gasteiger partial charge < -0.3 is 0 Å². The van der Waals surface area contributed by atoms with Crippen molar-refractivity contribution in [3.8, 4) is 0 Å². The van der Waals surface area contributed by atoms with Gasteiger partial charge in [0.05, 0.1) is 0 Å². The summed E-state index contributed by atoms with van der Waals surface area (Å²) in [5.41, 5.74) is 0.503. The lowest BCUT2D eigenvalue weighted by Crippen LogP contribution is -2.23. The van der Waals surface area contributed by atoms with Crippen LogP contribution < -0.4 is 0 Å². The number of hydrogen-bond donors (Lipinski definition) is 0. The van der Waals surface area contributed by atoms with Crippen molar-refractivity contribution in [2.75, 3.05) is 0 Å². The average molecular weight is 313 g/mol. The van der Waals surface area contributed by atoms with E-state index in [0.29, 0.717) is 16.0 Å². The van der Waals surface area contributed by atoms with E-state index in [0.717, 1.165) is 25.7 Å². The fourth-order valence-corrected chi connectivity index (χ4v) is 3.30. The second kappa shape index (κ2) is 5.96. The van der Waals surface area contributed by atoms with Gasteiger partial charge in [-0.1, -0.05) is 42.1 Å². The molecular weight excluding hydrogens is 295 g/mol. The van der Waals surface area contributed by atoms with E-state index in [1.807, 2.05) is 0 Å². The molecule has 2 rings (SSSR count). The molecule has 98 valence electrons. The van der Waals surface area contributed by atoms with Gasteiger partial charge in [-0.3, -0.25) is 4.79 Å². The van der Waals surface area contributed by atoms with Crippen molar-refractivity contribution in [3.05, 3.63) is 34.1 Å². The number of carbonyl (C=O) groups is 1. The molecule has 1 aromatic carbocycles. The van der Waals surface area contributed by atoms with Crippen molar-refractivity contribution < 1.29 is 9.18 Å². The van der Waals surface area contributed by atoms with E-state index in [1.165, 1.54) is 18.6 Å². The topological polar surface area (TPSA) is 17.1 Å². The van der Waals surface area contributed by atoms with Crippen molar-refractivity contribution in [2.45, 2.75) is 39.0 Å². The predicted molar refractivity (Wildman–Crippen MR) is 74.2 cm³/mol. The quantitative estimate of drug-likeness (QED) is 0.719. The van der Waals surface area contributed by atoms with E-state index in [2.05, 4.69) is 22.9 Å². The van der Waals surface area contributed by atoms with Crippen LogP contribution in [0.4, 0.5) is 4.39 Å². The molecule has 1 aliphatic carbocycles. The molecule has 2 unspecified atom stereocenters. The molecule has 1 aromatic rings. The van der Waals surface area contributed by atoms with Crippen molar-refractivity contribution in [1.82, 2.24) is 0 Å². The average Bonchev–Trinajstić information content (AvgIpc) is 2.37. The van der Waals surface area contributed by atoms with Crippen LogP contribution in [0.5, 0.6) is 0 Å². The maximum absolute atomic E-state index is 13.3. The third kappa shape index (κ3) is 3.19. The molecule has 0 bridgehead atoms. The third-order valence-corrected chi connectivity index (χ3v) is 4.34. The van der Waals surface area contributed by atoms with E-state index in [9.17, 15) is 9.18 Å². The lowest BCUT2D eigenvalue weighted by Gasteiger charge is -2.27. The molecule has 1 aliphatic rings. The predicted octanol–water partition coefficient (Wildman–Crippen LogP) is 4.99. The number of halogens is 2. The monoisotopic (exact) mass is 312 g/mol. The molecule has 0 heterocycles. The van der Waals surface area contributed by atoms with E-state index in [4.69, 9.17) is 0 Å². The van der Waals surface area contributed by atoms with Gasteiger partial charge in [0, 0.05) is 16.0 Å². The summed E-state index contributed by atoms with van der Waals surface area (Å²) in [6.07, 6.45) is 5.39. The van der Waals surface area contributed by atoms with E-state index >= 15 is 0 Å². The summed E-state index contributed by atoms with van der Waals surface area (Å²) in [7, 11) is 0. The normalized spacial score (nSPS) is 23.9. The van der Waals surface area contributed by atoms with E-state index in [-0.39, 0.29) is 17.5 Å². The molecule has 18 heavy (non-hydrogen) atoms. The first-order chi connectivity index (χ1) is 8.60. The van der Waals surface area contributed by atoms with Gasteiger partial charge in [-0.15, -0.1) is 0 Å². The van der Waals surface area contributed by atoms with Crippen molar-refractivity contribution in [1.29, 1.82) is 0 Å². The summed E-state index contributed by atoms with van der Waals surface area (Å²) >= 11 is 3.24. The molecule has 0 amide bonds. The van der Waals surface area contributed by atoms with Crippen molar-refractivity contribution in [3.63, 3.8) is 0 Å². The van der Waals surface area contributed by atoms with Crippen LogP contribution in [0.2, 0.25) is 0 Å². The fraction of sp³-hybridized carbons (Fsp3) is 0.533. The molecule has 0 saturated heterocycles. The Balaban J connectivity index is 2.15. The van der Waals surface area contributed by atoms with E-state index < -0.39 is 0 Å². The van der Waals surface area contributed by atoms with Crippen LogP contribution in [0.1, 0.15) is 49.4 Å². The van der Waals surface area contributed by atoms with Gasteiger partial charge in [-0.05, 0) is 37.0 Å². The largest absolute Gasteiger partial charge is 0.294 e. The minimum Gasteiger partial charge on any atom is -0.294 e. The molecule has 0 aromatic heterocycles. The number of hydrogen-bond acceptors (Lipinski definition) is 1. The number of ketones is 1. The highest BCUT2D eigenvalue weighted by atomic mass is 79.9.